The van der Waals surface area contributed by atoms with Crippen LogP contribution in [0.1, 0.15) is 6.92 Å². The van der Waals surface area contributed by atoms with Gasteiger partial charge in [0.1, 0.15) is 17.8 Å². The Balaban J connectivity index is 2.11. The second-order valence-electron chi connectivity index (χ2n) is 3.18. The summed E-state index contributed by atoms with van der Waals surface area (Å²) in [5, 5.41) is 0. The molecule has 0 spiro atoms. The van der Waals surface area contributed by atoms with E-state index in [1.165, 1.54) is 6.33 Å². The molecule has 4 nitrogen and oxygen atoms in total. The first-order valence-corrected chi connectivity index (χ1v) is 6.23. The molecular formula is C12H11IN2O2. The molecule has 0 N–H and O–H groups in total. The van der Waals surface area contributed by atoms with Crippen LogP contribution in [0, 0.1) is 3.57 Å². The lowest BCUT2D eigenvalue weighted by atomic mass is 10.3. The molecule has 0 saturated carbocycles. The minimum Gasteiger partial charge on any atom is -0.494 e. The molecule has 0 bridgehead atoms. The molecular weight excluding hydrogens is 331 g/mol. The summed E-state index contributed by atoms with van der Waals surface area (Å²) in [6, 6.07) is 7.44. The topological polar surface area (TPSA) is 44.2 Å². The van der Waals surface area contributed by atoms with Crippen LogP contribution in [0.25, 0.3) is 0 Å². The van der Waals surface area contributed by atoms with Crippen molar-refractivity contribution >= 4 is 22.6 Å². The van der Waals surface area contributed by atoms with Gasteiger partial charge in [0.05, 0.1) is 10.2 Å². The molecule has 1 heterocycles. The van der Waals surface area contributed by atoms with Crippen LogP contribution >= 0.6 is 22.6 Å². The van der Waals surface area contributed by atoms with E-state index < -0.39 is 0 Å². The van der Waals surface area contributed by atoms with Crippen LogP contribution in [-0.2, 0) is 0 Å². The van der Waals surface area contributed by atoms with Gasteiger partial charge >= 0.3 is 0 Å². The van der Waals surface area contributed by atoms with Gasteiger partial charge in [-0.2, -0.15) is 0 Å². The van der Waals surface area contributed by atoms with Crippen molar-refractivity contribution in [3.8, 4) is 17.4 Å². The Kier molecular flexibility index (Phi) is 4.13. The highest BCUT2D eigenvalue weighted by Crippen LogP contribution is 2.25. The molecule has 0 aliphatic rings. The highest BCUT2D eigenvalue weighted by atomic mass is 127. The monoisotopic (exact) mass is 342 g/mol. The van der Waals surface area contributed by atoms with Crippen molar-refractivity contribution in [3.63, 3.8) is 0 Å². The standard InChI is InChI=1S/C12H11IN2O2/c1-2-16-9-3-5-10(6-4-9)17-12-11(13)7-14-8-15-12/h3-8H,2H2,1H3. The minimum atomic E-state index is 0.560. The van der Waals surface area contributed by atoms with Gasteiger partial charge in [-0.25, -0.2) is 9.97 Å². The predicted molar refractivity (Wildman–Crippen MR) is 72.4 cm³/mol. The molecule has 2 aromatic rings. The van der Waals surface area contributed by atoms with E-state index in [-0.39, 0.29) is 0 Å². The maximum atomic E-state index is 5.63. The summed E-state index contributed by atoms with van der Waals surface area (Å²) >= 11 is 2.13. The van der Waals surface area contributed by atoms with E-state index in [0.29, 0.717) is 12.5 Å². The Morgan fingerprint density at radius 2 is 1.88 bits per heavy atom. The van der Waals surface area contributed by atoms with Crippen LogP contribution in [0.2, 0.25) is 0 Å². The number of benzene rings is 1. The van der Waals surface area contributed by atoms with Crippen LogP contribution in [-0.4, -0.2) is 16.6 Å². The predicted octanol–water partition coefficient (Wildman–Crippen LogP) is 3.27. The average molecular weight is 342 g/mol. The molecule has 17 heavy (non-hydrogen) atoms. The van der Waals surface area contributed by atoms with E-state index in [2.05, 4.69) is 32.6 Å². The SMILES string of the molecule is CCOc1ccc(Oc2ncncc2I)cc1. The largest absolute Gasteiger partial charge is 0.494 e. The lowest BCUT2D eigenvalue weighted by Gasteiger charge is -2.07. The summed E-state index contributed by atoms with van der Waals surface area (Å²) in [7, 11) is 0. The molecule has 1 aromatic heterocycles. The van der Waals surface area contributed by atoms with E-state index in [1.54, 1.807) is 6.20 Å². The molecule has 0 unspecified atom stereocenters. The van der Waals surface area contributed by atoms with E-state index in [4.69, 9.17) is 9.47 Å². The Hall–Kier alpha value is -1.37. The van der Waals surface area contributed by atoms with Crippen molar-refractivity contribution in [2.24, 2.45) is 0 Å². The zero-order valence-corrected chi connectivity index (χ0v) is 11.4. The quantitative estimate of drug-likeness (QED) is 0.800. The fourth-order valence-corrected chi connectivity index (χ4v) is 1.67. The number of nitrogens with zero attached hydrogens (tertiary/aromatic N) is 2. The van der Waals surface area contributed by atoms with Gasteiger partial charge in [0.2, 0.25) is 5.88 Å². The third kappa shape index (κ3) is 3.29. The van der Waals surface area contributed by atoms with Crippen LogP contribution in [0.15, 0.2) is 36.8 Å². The maximum Gasteiger partial charge on any atom is 0.235 e. The Morgan fingerprint density at radius 3 is 2.53 bits per heavy atom. The second kappa shape index (κ2) is 5.81. The van der Waals surface area contributed by atoms with E-state index in [9.17, 15) is 0 Å². The normalized spacial score (nSPS) is 10.0. The second-order valence-corrected chi connectivity index (χ2v) is 4.34. The number of aromatic nitrogens is 2. The number of rotatable bonds is 4. The third-order valence-electron chi connectivity index (χ3n) is 1.98. The summed E-state index contributed by atoms with van der Waals surface area (Å²) in [4.78, 5) is 7.97. The highest BCUT2D eigenvalue weighted by molar-refractivity contribution is 14.1. The van der Waals surface area contributed by atoms with Gasteiger partial charge in [0.15, 0.2) is 0 Å². The molecule has 2 rings (SSSR count). The molecule has 1 aromatic carbocycles. The lowest BCUT2D eigenvalue weighted by molar-refractivity contribution is 0.339. The molecule has 0 aliphatic carbocycles. The fraction of sp³-hybridized carbons (Fsp3) is 0.167. The van der Waals surface area contributed by atoms with Gasteiger partial charge in [-0.3, -0.25) is 0 Å². The smallest absolute Gasteiger partial charge is 0.235 e. The van der Waals surface area contributed by atoms with Gasteiger partial charge in [-0.1, -0.05) is 0 Å². The third-order valence-corrected chi connectivity index (χ3v) is 2.72. The van der Waals surface area contributed by atoms with Gasteiger partial charge in [-0.15, -0.1) is 0 Å². The summed E-state index contributed by atoms with van der Waals surface area (Å²) in [6.45, 7) is 2.61. The lowest BCUT2D eigenvalue weighted by Crippen LogP contribution is -1.93. The molecule has 0 saturated heterocycles. The Bertz CT molecular complexity index is 488. The summed E-state index contributed by atoms with van der Waals surface area (Å²) < 4.78 is 11.9. The first-order chi connectivity index (χ1) is 8.29. The van der Waals surface area contributed by atoms with Crippen molar-refractivity contribution in [2.45, 2.75) is 6.92 Å². The molecule has 0 aliphatic heterocycles. The Labute approximate surface area is 113 Å². The zero-order valence-electron chi connectivity index (χ0n) is 9.26. The van der Waals surface area contributed by atoms with Gasteiger partial charge in [0.25, 0.3) is 0 Å². The zero-order chi connectivity index (χ0) is 12.1. The van der Waals surface area contributed by atoms with Crippen LogP contribution in [0.5, 0.6) is 17.4 Å². The van der Waals surface area contributed by atoms with Gasteiger partial charge in [0, 0.05) is 6.20 Å². The van der Waals surface area contributed by atoms with Crippen molar-refractivity contribution in [2.75, 3.05) is 6.61 Å². The number of halogens is 1. The molecule has 0 atom stereocenters. The highest BCUT2D eigenvalue weighted by Gasteiger charge is 2.03. The number of hydrogen-bond acceptors (Lipinski definition) is 4. The van der Waals surface area contributed by atoms with Gasteiger partial charge < -0.3 is 9.47 Å². The molecule has 5 heteroatoms. The van der Waals surface area contributed by atoms with Crippen molar-refractivity contribution in [1.82, 2.24) is 9.97 Å². The Morgan fingerprint density at radius 1 is 1.18 bits per heavy atom. The van der Waals surface area contributed by atoms with Crippen molar-refractivity contribution in [1.29, 1.82) is 0 Å². The first kappa shape index (κ1) is 12.1. The molecule has 0 amide bonds. The van der Waals surface area contributed by atoms with Crippen LogP contribution < -0.4 is 9.47 Å². The number of ether oxygens (including phenoxy) is 2. The van der Waals surface area contributed by atoms with Crippen molar-refractivity contribution < 1.29 is 9.47 Å². The van der Waals surface area contributed by atoms with Crippen LogP contribution in [0.4, 0.5) is 0 Å². The minimum absolute atomic E-state index is 0.560. The van der Waals surface area contributed by atoms with E-state index in [0.717, 1.165) is 15.1 Å². The van der Waals surface area contributed by atoms with Gasteiger partial charge in [-0.05, 0) is 53.8 Å². The van der Waals surface area contributed by atoms with E-state index in [1.807, 2.05) is 31.2 Å². The maximum absolute atomic E-state index is 5.63. The fourth-order valence-electron chi connectivity index (χ4n) is 1.26. The average Bonchev–Trinajstić information content (AvgIpc) is 2.35. The van der Waals surface area contributed by atoms with E-state index >= 15 is 0 Å². The summed E-state index contributed by atoms with van der Waals surface area (Å²) in [5.74, 6) is 2.12. The summed E-state index contributed by atoms with van der Waals surface area (Å²) in [5.41, 5.74) is 0. The molecule has 0 fully saturated rings. The summed E-state index contributed by atoms with van der Waals surface area (Å²) in [6.07, 6.45) is 3.17. The van der Waals surface area contributed by atoms with Crippen LogP contribution in [0.3, 0.4) is 0 Å². The molecule has 0 radical (unpaired) electrons. The first-order valence-electron chi connectivity index (χ1n) is 5.16. The molecule has 88 valence electrons. The number of hydrogen-bond donors (Lipinski definition) is 0. The van der Waals surface area contributed by atoms with Crippen molar-refractivity contribution in [3.05, 3.63) is 40.4 Å².